The van der Waals surface area contributed by atoms with Crippen molar-refractivity contribution < 1.29 is 23.9 Å². The Labute approximate surface area is 63.3 Å². The third-order valence-electron chi connectivity index (χ3n) is 0.836. The molecule has 0 spiro atoms. The average Bonchev–Trinajstić information content (AvgIpc) is 1.86. The molecule has 0 rings (SSSR count). The quantitative estimate of drug-likeness (QED) is 0.320. The van der Waals surface area contributed by atoms with Crippen LogP contribution in [0.1, 0.15) is 13.8 Å². The van der Waals surface area contributed by atoms with Crippen LogP contribution in [0.15, 0.2) is 0 Å². The van der Waals surface area contributed by atoms with Crippen LogP contribution in [0, 0.1) is 0 Å². The van der Waals surface area contributed by atoms with Gasteiger partial charge in [0.1, 0.15) is 0 Å². The van der Waals surface area contributed by atoms with Gasteiger partial charge < -0.3 is 9.47 Å². The van der Waals surface area contributed by atoms with E-state index in [-0.39, 0.29) is 6.47 Å². The Bertz CT molecular complexity index is 174. The van der Waals surface area contributed by atoms with E-state index in [4.69, 9.17) is 0 Å². The maximum atomic E-state index is 10.6. The summed E-state index contributed by atoms with van der Waals surface area (Å²) in [4.78, 5) is 30.5. The Hall–Kier alpha value is -1.39. The molecule has 5 heteroatoms. The summed E-state index contributed by atoms with van der Waals surface area (Å²) in [7, 11) is 0. The monoisotopic (exact) mass is 160 g/mol. The number of carbonyl (C=O) groups is 3. The minimum atomic E-state index is -1.03. The van der Waals surface area contributed by atoms with E-state index in [1.165, 1.54) is 6.92 Å². The Morgan fingerprint density at radius 1 is 1.45 bits per heavy atom. The van der Waals surface area contributed by atoms with Crippen molar-refractivity contribution in [2.75, 3.05) is 0 Å². The van der Waals surface area contributed by atoms with Gasteiger partial charge in [0.05, 0.1) is 0 Å². The van der Waals surface area contributed by atoms with Gasteiger partial charge in [0.25, 0.3) is 6.47 Å². The smallest absolute Gasteiger partial charge is 0.354 e. The van der Waals surface area contributed by atoms with Crippen LogP contribution in [-0.4, -0.2) is 24.5 Å². The van der Waals surface area contributed by atoms with E-state index in [9.17, 15) is 14.4 Å². The number of hydrogen-bond acceptors (Lipinski definition) is 5. The fourth-order valence-electron chi connectivity index (χ4n) is 0.364. The average molecular weight is 160 g/mol. The number of rotatable bonds is 3. The van der Waals surface area contributed by atoms with E-state index >= 15 is 0 Å². The van der Waals surface area contributed by atoms with E-state index in [0.29, 0.717) is 0 Å². The minimum Gasteiger partial charge on any atom is -0.453 e. The van der Waals surface area contributed by atoms with Gasteiger partial charge in [0.2, 0.25) is 0 Å². The highest BCUT2D eigenvalue weighted by Crippen LogP contribution is 1.92. The molecule has 0 aliphatic rings. The molecular weight excluding hydrogens is 152 g/mol. The Morgan fingerprint density at radius 3 is 2.36 bits per heavy atom. The van der Waals surface area contributed by atoms with Crippen LogP contribution in [0.2, 0.25) is 0 Å². The molecule has 0 aromatic carbocycles. The second-order valence-corrected chi connectivity index (χ2v) is 1.79. The van der Waals surface area contributed by atoms with Crippen molar-refractivity contribution in [2.45, 2.75) is 20.0 Å². The molecule has 0 aromatic rings. The SMILES string of the molecule is CC(=O)OC(=O)C(C)OC=O. The highest BCUT2D eigenvalue weighted by Gasteiger charge is 2.16. The summed E-state index contributed by atoms with van der Waals surface area (Å²) in [5, 5.41) is 0. The van der Waals surface area contributed by atoms with Gasteiger partial charge in [0, 0.05) is 6.92 Å². The predicted molar refractivity (Wildman–Crippen MR) is 33.4 cm³/mol. The Morgan fingerprint density at radius 2 is 2.00 bits per heavy atom. The van der Waals surface area contributed by atoms with E-state index in [1.807, 2.05) is 0 Å². The van der Waals surface area contributed by atoms with Crippen LogP contribution in [-0.2, 0) is 23.9 Å². The first-order chi connectivity index (χ1) is 5.07. The number of carbonyl (C=O) groups excluding carboxylic acids is 3. The van der Waals surface area contributed by atoms with E-state index in [1.54, 1.807) is 0 Å². The van der Waals surface area contributed by atoms with Gasteiger partial charge in [-0.05, 0) is 6.92 Å². The van der Waals surface area contributed by atoms with E-state index in [2.05, 4.69) is 9.47 Å². The lowest BCUT2D eigenvalue weighted by atomic mass is 10.4. The van der Waals surface area contributed by atoms with Crippen LogP contribution >= 0.6 is 0 Å². The predicted octanol–water partition coefficient (Wildman–Crippen LogP) is -0.362. The van der Waals surface area contributed by atoms with Crippen molar-refractivity contribution in [3.63, 3.8) is 0 Å². The molecule has 0 heterocycles. The van der Waals surface area contributed by atoms with E-state index < -0.39 is 18.0 Å². The molecule has 0 aromatic heterocycles. The third-order valence-corrected chi connectivity index (χ3v) is 0.836. The normalized spacial score (nSPS) is 11.5. The zero-order chi connectivity index (χ0) is 8.85. The summed E-state index contributed by atoms with van der Waals surface area (Å²) in [6, 6.07) is 0. The lowest BCUT2D eigenvalue weighted by Gasteiger charge is -2.05. The second kappa shape index (κ2) is 4.43. The third kappa shape index (κ3) is 4.07. The highest BCUT2D eigenvalue weighted by molar-refractivity contribution is 5.86. The molecule has 0 saturated carbocycles. The summed E-state index contributed by atoms with van der Waals surface area (Å²) >= 11 is 0. The fraction of sp³-hybridized carbons (Fsp3) is 0.500. The van der Waals surface area contributed by atoms with Crippen LogP contribution in [0.4, 0.5) is 0 Å². The zero-order valence-electron chi connectivity index (χ0n) is 6.20. The van der Waals surface area contributed by atoms with E-state index in [0.717, 1.165) is 6.92 Å². The molecule has 0 radical (unpaired) electrons. The van der Waals surface area contributed by atoms with Gasteiger partial charge in [-0.3, -0.25) is 9.59 Å². The van der Waals surface area contributed by atoms with Gasteiger partial charge >= 0.3 is 11.9 Å². The molecule has 11 heavy (non-hydrogen) atoms. The number of ether oxygens (including phenoxy) is 2. The first-order valence-corrected chi connectivity index (χ1v) is 2.89. The van der Waals surface area contributed by atoms with Gasteiger partial charge in [-0.1, -0.05) is 0 Å². The van der Waals surface area contributed by atoms with Gasteiger partial charge in [0.15, 0.2) is 6.10 Å². The summed E-state index contributed by atoms with van der Waals surface area (Å²) in [5.74, 6) is -1.60. The highest BCUT2D eigenvalue weighted by atomic mass is 16.6. The molecule has 0 aliphatic heterocycles. The van der Waals surface area contributed by atoms with Crippen molar-refractivity contribution in [1.29, 1.82) is 0 Å². The molecule has 0 saturated heterocycles. The topological polar surface area (TPSA) is 69.7 Å². The number of esters is 2. The molecule has 1 unspecified atom stereocenters. The molecule has 0 aliphatic carbocycles. The maximum absolute atomic E-state index is 10.6. The molecule has 0 N–H and O–H groups in total. The largest absolute Gasteiger partial charge is 0.453 e. The van der Waals surface area contributed by atoms with Crippen LogP contribution < -0.4 is 0 Å². The van der Waals surface area contributed by atoms with Gasteiger partial charge in [-0.25, -0.2) is 4.79 Å². The standard InChI is InChI=1S/C6H8O5/c1-4(10-3-7)6(9)11-5(2)8/h3-4H,1-2H3. The molecular formula is C6H8O5. The first kappa shape index (κ1) is 9.61. The van der Waals surface area contributed by atoms with Crippen molar-refractivity contribution in [1.82, 2.24) is 0 Å². The van der Waals surface area contributed by atoms with Crippen LogP contribution in [0.3, 0.4) is 0 Å². The van der Waals surface area contributed by atoms with Gasteiger partial charge in [-0.2, -0.15) is 0 Å². The molecule has 5 nitrogen and oxygen atoms in total. The lowest BCUT2D eigenvalue weighted by molar-refractivity contribution is -0.168. The molecule has 62 valence electrons. The Balaban J connectivity index is 3.82. The lowest BCUT2D eigenvalue weighted by Crippen LogP contribution is -2.24. The maximum Gasteiger partial charge on any atom is 0.354 e. The summed E-state index contributed by atoms with van der Waals surface area (Å²) in [5.41, 5.74) is 0. The first-order valence-electron chi connectivity index (χ1n) is 2.89. The molecule has 1 atom stereocenters. The van der Waals surface area contributed by atoms with Gasteiger partial charge in [-0.15, -0.1) is 0 Å². The molecule has 0 bridgehead atoms. The van der Waals surface area contributed by atoms with Crippen LogP contribution in [0.25, 0.3) is 0 Å². The number of hydrogen-bond donors (Lipinski definition) is 0. The van der Waals surface area contributed by atoms with Crippen molar-refractivity contribution in [3.8, 4) is 0 Å². The summed E-state index contributed by atoms with van der Waals surface area (Å²) in [6.45, 7) is 2.51. The second-order valence-electron chi connectivity index (χ2n) is 1.79. The Kier molecular flexibility index (Phi) is 3.87. The summed E-state index contributed by atoms with van der Waals surface area (Å²) < 4.78 is 8.30. The van der Waals surface area contributed by atoms with Crippen molar-refractivity contribution in [3.05, 3.63) is 0 Å². The van der Waals surface area contributed by atoms with Crippen molar-refractivity contribution >= 4 is 18.4 Å². The molecule has 0 fully saturated rings. The summed E-state index contributed by atoms with van der Waals surface area (Å²) in [6.07, 6.45) is -1.03. The fourth-order valence-corrected chi connectivity index (χ4v) is 0.364. The van der Waals surface area contributed by atoms with Crippen molar-refractivity contribution in [2.24, 2.45) is 0 Å². The van der Waals surface area contributed by atoms with Crippen LogP contribution in [0.5, 0.6) is 0 Å². The molecule has 0 amide bonds. The minimum absolute atomic E-state index is 0.117. The zero-order valence-corrected chi connectivity index (χ0v) is 6.20.